The van der Waals surface area contributed by atoms with Crippen molar-refractivity contribution < 1.29 is 4.21 Å². The first-order valence-electron chi connectivity index (χ1n) is 3.22. The average Bonchev–Trinajstić information content (AvgIpc) is 1.89. The van der Waals surface area contributed by atoms with Crippen LogP contribution in [0, 0.1) is 0 Å². The molecule has 0 heterocycles. The van der Waals surface area contributed by atoms with E-state index in [0.29, 0.717) is 11.7 Å². The summed E-state index contributed by atoms with van der Waals surface area (Å²) in [6, 6.07) is 0. The predicted octanol–water partition coefficient (Wildman–Crippen LogP) is 2.41. The topological polar surface area (TPSA) is 17.1 Å². The lowest BCUT2D eigenvalue weighted by atomic mass is 10.2. The van der Waals surface area contributed by atoms with Crippen LogP contribution in [0.2, 0.25) is 0 Å². The Labute approximate surface area is 74.2 Å². The Morgan fingerprint density at radius 3 is 2.33 bits per heavy atom. The lowest BCUT2D eigenvalue weighted by Gasteiger charge is -1.89. The Bertz CT molecular complexity index is 68.1. The van der Waals surface area contributed by atoms with Crippen LogP contribution < -0.4 is 0 Å². The van der Waals surface area contributed by atoms with E-state index < -0.39 is 0 Å². The van der Waals surface area contributed by atoms with Crippen molar-refractivity contribution in [2.24, 2.45) is 0 Å². The van der Waals surface area contributed by atoms with Crippen molar-refractivity contribution in [2.75, 3.05) is 10.2 Å². The van der Waals surface area contributed by atoms with Gasteiger partial charge in [-0.3, -0.25) is 0 Å². The van der Waals surface area contributed by atoms with E-state index in [1.807, 2.05) is 0 Å². The van der Waals surface area contributed by atoms with Gasteiger partial charge in [0.2, 0.25) is 5.75 Å². The standard InChI is InChI=1S/C6H12IOS/c7-5-3-1-2-4-6-9-8/h1-6H2/q+1. The molecular weight excluding hydrogens is 247 g/mol. The van der Waals surface area contributed by atoms with Gasteiger partial charge in [0, 0.05) is 10.6 Å². The average molecular weight is 259 g/mol. The number of rotatable bonds is 6. The molecule has 0 aliphatic carbocycles. The van der Waals surface area contributed by atoms with Crippen molar-refractivity contribution in [3.63, 3.8) is 0 Å². The normalized spacial score (nSPS) is 9.44. The number of alkyl halides is 1. The van der Waals surface area contributed by atoms with Gasteiger partial charge in [-0.2, -0.15) is 0 Å². The molecule has 3 heteroatoms. The smallest absolute Gasteiger partial charge is 0.0864 e. The zero-order valence-electron chi connectivity index (χ0n) is 5.44. The Morgan fingerprint density at radius 2 is 1.78 bits per heavy atom. The van der Waals surface area contributed by atoms with Crippen LogP contribution in [-0.4, -0.2) is 10.2 Å². The summed E-state index contributed by atoms with van der Waals surface area (Å²) in [5.41, 5.74) is 0. The van der Waals surface area contributed by atoms with E-state index in [2.05, 4.69) is 22.6 Å². The van der Waals surface area contributed by atoms with Gasteiger partial charge in [-0.05, 0) is 17.3 Å². The van der Waals surface area contributed by atoms with Crippen LogP contribution in [0.25, 0.3) is 0 Å². The molecule has 9 heavy (non-hydrogen) atoms. The number of halogens is 1. The third kappa shape index (κ3) is 8.75. The molecule has 0 saturated heterocycles. The Balaban J connectivity index is 2.66. The molecule has 0 rings (SSSR count). The van der Waals surface area contributed by atoms with Crippen LogP contribution >= 0.6 is 22.6 Å². The van der Waals surface area contributed by atoms with E-state index in [4.69, 9.17) is 0 Å². The van der Waals surface area contributed by atoms with Gasteiger partial charge < -0.3 is 0 Å². The van der Waals surface area contributed by atoms with Crippen LogP contribution in [0.5, 0.6) is 0 Å². The highest BCUT2D eigenvalue weighted by Crippen LogP contribution is 2.01. The van der Waals surface area contributed by atoms with Gasteiger partial charge in [0.1, 0.15) is 0 Å². The summed E-state index contributed by atoms with van der Waals surface area (Å²) in [5.74, 6) is 0.793. The molecule has 0 N–H and O–H groups in total. The van der Waals surface area contributed by atoms with Gasteiger partial charge in [0.15, 0.2) is 0 Å². The summed E-state index contributed by atoms with van der Waals surface area (Å²) in [4.78, 5) is 0. The SMILES string of the molecule is O=[S+]CCCCCCI. The number of hydrogen-bond donors (Lipinski definition) is 0. The van der Waals surface area contributed by atoms with Gasteiger partial charge in [0.05, 0.1) is 0 Å². The molecule has 0 aromatic heterocycles. The molecule has 0 spiro atoms. The van der Waals surface area contributed by atoms with E-state index in [1.165, 1.54) is 23.7 Å². The van der Waals surface area contributed by atoms with Crippen molar-refractivity contribution in [1.29, 1.82) is 0 Å². The minimum Gasteiger partial charge on any atom is -0.0864 e. The number of unbranched alkanes of at least 4 members (excludes halogenated alkanes) is 3. The van der Waals surface area contributed by atoms with E-state index in [9.17, 15) is 4.21 Å². The fourth-order valence-corrected chi connectivity index (χ4v) is 1.47. The fraction of sp³-hybridized carbons (Fsp3) is 1.00. The van der Waals surface area contributed by atoms with Gasteiger partial charge in [-0.15, -0.1) is 0 Å². The zero-order valence-corrected chi connectivity index (χ0v) is 8.41. The van der Waals surface area contributed by atoms with Crippen molar-refractivity contribution >= 4 is 34.3 Å². The lowest BCUT2D eigenvalue weighted by molar-refractivity contribution is 0.601. The van der Waals surface area contributed by atoms with Gasteiger partial charge in [0.25, 0.3) is 0 Å². The van der Waals surface area contributed by atoms with Crippen LogP contribution in [-0.2, 0) is 15.9 Å². The molecule has 0 aromatic carbocycles. The summed E-state index contributed by atoms with van der Waals surface area (Å²) in [7, 11) is 0. The van der Waals surface area contributed by atoms with Crippen LogP contribution in [0.4, 0.5) is 0 Å². The maximum atomic E-state index is 9.88. The molecule has 0 aliphatic heterocycles. The van der Waals surface area contributed by atoms with Gasteiger partial charge in [-0.25, -0.2) is 0 Å². The fourth-order valence-electron chi connectivity index (χ4n) is 0.609. The molecule has 0 saturated carbocycles. The molecule has 0 unspecified atom stereocenters. The first-order valence-corrected chi connectivity index (χ1v) is 5.66. The largest absolute Gasteiger partial charge is 0.458 e. The third-order valence-electron chi connectivity index (χ3n) is 1.11. The van der Waals surface area contributed by atoms with Crippen LogP contribution in [0.1, 0.15) is 25.7 Å². The maximum absolute atomic E-state index is 9.88. The minimum absolute atomic E-state index is 0.708. The first kappa shape index (κ1) is 9.75. The van der Waals surface area contributed by atoms with E-state index >= 15 is 0 Å². The molecule has 0 fully saturated rings. The second-order valence-corrected chi connectivity index (χ2v) is 3.65. The molecule has 0 amide bonds. The molecule has 1 nitrogen and oxygen atoms in total. The lowest BCUT2D eigenvalue weighted by Crippen LogP contribution is -1.82. The Hall–Kier alpha value is 0.750. The molecule has 0 radical (unpaired) electrons. The van der Waals surface area contributed by atoms with Crippen molar-refractivity contribution in [1.82, 2.24) is 0 Å². The van der Waals surface area contributed by atoms with E-state index in [-0.39, 0.29) is 0 Å². The molecule has 0 bridgehead atoms. The number of hydrogen-bond acceptors (Lipinski definition) is 1. The molecule has 0 aromatic rings. The third-order valence-corrected chi connectivity index (χ3v) is 2.33. The summed E-state index contributed by atoms with van der Waals surface area (Å²) in [6.45, 7) is 0. The zero-order chi connectivity index (χ0) is 6.95. The highest BCUT2D eigenvalue weighted by atomic mass is 127. The minimum atomic E-state index is 0.708. The van der Waals surface area contributed by atoms with Crippen LogP contribution in [0.15, 0.2) is 0 Å². The maximum Gasteiger partial charge on any atom is 0.458 e. The summed E-state index contributed by atoms with van der Waals surface area (Å²) >= 11 is 3.09. The van der Waals surface area contributed by atoms with Gasteiger partial charge in [-0.1, -0.05) is 29.0 Å². The first-order chi connectivity index (χ1) is 4.41. The van der Waals surface area contributed by atoms with Crippen LogP contribution in [0.3, 0.4) is 0 Å². The highest BCUT2D eigenvalue weighted by molar-refractivity contribution is 14.1. The second kappa shape index (κ2) is 8.75. The molecule has 0 atom stereocenters. The molecule has 54 valence electrons. The summed E-state index contributed by atoms with van der Waals surface area (Å²) < 4.78 is 11.1. The van der Waals surface area contributed by atoms with Crippen molar-refractivity contribution in [2.45, 2.75) is 25.7 Å². The van der Waals surface area contributed by atoms with E-state index in [1.54, 1.807) is 0 Å². The monoisotopic (exact) mass is 259 g/mol. The van der Waals surface area contributed by atoms with Crippen molar-refractivity contribution in [3.8, 4) is 0 Å². The molecular formula is C6H12IOS+. The quantitative estimate of drug-likeness (QED) is 0.310. The Morgan fingerprint density at radius 1 is 1.11 bits per heavy atom. The van der Waals surface area contributed by atoms with Crippen molar-refractivity contribution in [3.05, 3.63) is 0 Å². The van der Waals surface area contributed by atoms with Gasteiger partial charge >= 0.3 is 11.7 Å². The highest BCUT2D eigenvalue weighted by Gasteiger charge is 1.95. The summed E-state index contributed by atoms with van der Waals surface area (Å²) in [5, 5.41) is 0. The predicted molar refractivity (Wildman–Crippen MR) is 50.3 cm³/mol. The Kier molecular flexibility index (Phi) is 9.48. The summed E-state index contributed by atoms with van der Waals surface area (Å²) in [6.07, 6.45) is 4.94. The van der Waals surface area contributed by atoms with E-state index in [0.717, 1.165) is 12.2 Å². The molecule has 0 aliphatic rings. The second-order valence-electron chi connectivity index (χ2n) is 1.93.